The van der Waals surface area contributed by atoms with Crippen molar-refractivity contribution in [2.45, 2.75) is 71.3 Å². The van der Waals surface area contributed by atoms with E-state index in [1.807, 2.05) is 0 Å². The molecule has 0 aromatic carbocycles. The third-order valence-electron chi connectivity index (χ3n) is 4.51. The molecule has 1 fully saturated rings. The van der Waals surface area contributed by atoms with Gasteiger partial charge in [-0.05, 0) is 50.5 Å². The fraction of sp³-hybridized carbons (Fsp3) is 1.00. The normalized spacial score (nSPS) is 30.5. The van der Waals surface area contributed by atoms with Crippen molar-refractivity contribution in [3.8, 4) is 0 Å². The minimum absolute atomic E-state index is 0.231. The van der Waals surface area contributed by atoms with Crippen LogP contribution in [-0.4, -0.2) is 23.8 Å². The first-order valence-corrected chi connectivity index (χ1v) is 7.49. The summed E-state index contributed by atoms with van der Waals surface area (Å²) in [5, 5.41) is 13.0. The number of aliphatic hydroxyl groups is 1. The van der Waals surface area contributed by atoms with Gasteiger partial charge in [0.1, 0.15) is 0 Å². The van der Waals surface area contributed by atoms with Crippen molar-refractivity contribution in [1.82, 2.24) is 5.32 Å². The summed E-state index contributed by atoms with van der Waals surface area (Å²) in [4.78, 5) is 0. The summed E-state index contributed by atoms with van der Waals surface area (Å²) in [7, 11) is 0. The van der Waals surface area contributed by atoms with Crippen LogP contribution >= 0.6 is 0 Å². The second-order valence-corrected chi connectivity index (χ2v) is 6.12. The first-order valence-electron chi connectivity index (χ1n) is 7.49. The topological polar surface area (TPSA) is 32.3 Å². The predicted molar refractivity (Wildman–Crippen MR) is 74.1 cm³/mol. The van der Waals surface area contributed by atoms with Crippen molar-refractivity contribution in [3.05, 3.63) is 0 Å². The number of aliphatic hydroxyl groups excluding tert-OH is 1. The SMILES string of the molecule is CCCNC1(CCO)CCCC(C(C)C)CC1. The van der Waals surface area contributed by atoms with Crippen LogP contribution in [0, 0.1) is 11.8 Å². The van der Waals surface area contributed by atoms with Crippen LogP contribution in [0.1, 0.15) is 65.7 Å². The fourth-order valence-corrected chi connectivity index (χ4v) is 3.22. The predicted octanol–water partition coefficient (Wildman–Crippen LogP) is 3.34. The molecule has 2 heteroatoms. The molecular weight excluding hydrogens is 210 g/mol. The highest BCUT2D eigenvalue weighted by Gasteiger charge is 2.32. The molecule has 0 radical (unpaired) electrons. The molecule has 1 rings (SSSR count). The van der Waals surface area contributed by atoms with Gasteiger partial charge in [-0.15, -0.1) is 0 Å². The Kier molecular flexibility index (Phi) is 6.50. The number of nitrogens with one attached hydrogen (secondary N) is 1. The summed E-state index contributed by atoms with van der Waals surface area (Å²) in [6.07, 6.45) is 8.62. The monoisotopic (exact) mass is 241 g/mol. The third kappa shape index (κ3) is 4.59. The Morgan fingerprint density at radius 3 is 2.65 bits per heavy atom. The van der Waals surface area contributed by atoms with E-state index in [0.717, 1.165) is 24.8 Å². The zero-order chi connectivity index (χ0) is 12.7. The quantitative estimate of drug-likeness (QED) is 0.699. The molecule has 0 bridgehead atoms. The van der Waals surface area contributed by atoms with Crippen LogP contribution in [0.3, 0.4) is 0 Å². The molecule has 1 aliphatic rings. The lowest BCUT2D eigenvalue weighted by molar-refractivity contribution is 0.188. The van der Waals surface area contributed by atoms with Gasteiger partial charge in [-0.2, -0.15) is 0 Å². The highest BCUT2D eigenvalue weighted by molar-refractivity contribution is 4.91. The van der Waals surface area contributed by atoms with E-state index >= 15 is 0 Å². The van der Waals surface area contributed by atoms with Crippen molar-refractivity contribution in [1.29, 1.82) is 0 Å². The van der Waals surface area contributed by atoms with Gasteiger partial charge < -0.3 is 10.4 Å². The molecule has 0 spiro atoms. The molecule has 0 aromatic rings. The van der Waals surface area contributed by atoms with Crippen LogP contribution in [0.5, 0.6) is 0 Å². The van der Waals surface area contributed by atoms with Gasteiger partial charge in [0.15, 0.2) is 0 Å². The molecular formula is C15H31NO. The van der Waals surface area contributed by atoms with E-state index in [1.54, 1.807) is 0 Å². The Balaban J connectivity index is 2.58. The Morgan fingerprint density at radius 1 is 1.29 bits per heavy atom. The zero-order valence-electron chi connectivity index (χ0n) is 12.0. The van der Waals surface area contributed by atoms with E-state index < -0.39 is 0 Å². The second kappa shape index (κ2) is 7.38. The van der Waals surface area contributed by atoms with Gasteiger partial charge in [-0.3, -0.25) is 0 Å². The van der Waals surface area contributed by atoms with Crippen LogP contribution in [0.25, 0.3) is 0 Å². The van der Waals surface area contributed by atoms with Crippen LogP contribution in [0.4, 0.5) is 0 Å². The van der Waals surface area contributed by atoms with Crippen molar-refractivity contribution >= 4 is 0 Å². The largest absolute Gasteiger partial charge is 0.396 e. The van der Waals surface area contributed by atoms with Gasteiger partial charge in [0.2, 0.25) is 0 Å². The lowest BCUT2D eigenvalue weighted by atomic mass is 9.84. The Morgan fingerprint density at radius 2 is 2.06 bits per heavy atom. The molecule has 102 valence electrons. The second-order valence-electron chi connectivity index (χ2n) is 6.12. The van der Waals surface area contributed by atoms with Crippen molar-refractivity contribution in [2.75, 3.05) is 13.2 Å². The van der Waals surface area contributed by atoms with E-state index in [0.29, 0.717) is 6.61 Å². The number of rotatable bonds is 6. The molecule has 2 nitrogen and oxygen atoms in total. The molecule has 1 saturated carbocycles. The molecule has 0 aliphatic heterocycles. The van der Waals surface area contributed by atoms with Gasteiger partial charge in [0.25, 0.3) is 0 Å². The molecule has 1 aliphatic carbocycles. The highest BCUT2D eigenvalue weighted by atomic mass is 16.3. The van der Waals surface area contributed by atoms with Gasteiger partial charge in [-0.25, -0.2) is 0 Å². The summed E-state index contributed by atoms with van der Waals surface area (Å²) in [5.74, 6) is 1.70. The average Bonchev–Trinajstić information content (AvgIpc) is 2.50. The summed E-state index contributed by atoms with van der Waals surface area (Å²) in [5.41, 5.74) is 0.231. The van der Waals surface area contributed by atoms with E-state index in [1.165, 1.54) is 38.5 Å². The summed E-state index contributed by atoms with van der Waals surface area (Å²) >= 11 is 0. The van der Waals surface area contributed by atoms with Gasteiger partial charge in [-0.1, -0.05) is 33.6 Å². The Bertz CT molecular complexity index is 205. The van der Waals surface area contributed by atoms with Crippen LogP contribution in [0.2, 0.25) is 0 Å². The molecule has 0 saturated heterocycles. The summed E-state index contributed by atoms with van der Waals surface area (Å²) < 4.78 is 0. The summed E-state index contributed by atoms with van der Waals surface area (Å²) in [6.45, 7) is 8.33. The van der Waals surface area contributed by atoms with E-state index in [2.05, 4.69) is 26.1 Å². The molecule has 0 heterocycles. The third-order valence-corrected chi connectivity index (χ3v) is 4.51. The maximum atomic E-state index is 9.31. The van der Waals surface area contributed by atoms with Gasteiger partial charge in [0.05, 0.1) is 0 Å². The maximum absolute atomic E-state index is 9.31. The number of hydrogen-bond donors (Lipinski definition) is 2. The van der Waals surface area contributed by atoms with Crippen molar-refractivity contribution in [2.24, 2.45) is 11.8 Å². The first-order chi connectivity index (χ1) is 8.13. The highest BCUT2D eigenvalue weighted by Crippen LogP contribution is 2.35. The lowest BCUT2D eigenvalue weighted by Crippen LogP contribution is -2.46. The minimum Gasteiger partial charge on any atom is -0.396 e. The van der Waals surface area contributed by atoms with Crippen LogP contribution in [-0.2, 0) is 0 Å². The summed E-state index contributed by atoms with van der Waals surface area (Å²) in [6, 6.07) is 0. The Hall–Kier alpha value is -0.0800. The van der Waals surface area contributed by atoms with Gasteiger partial charge >= 0.3 is 0 Å². The number of hydrogen-bond acceptors (Lipinski definition) is 2. The molecule has 2 unspecified atom stereocenters. The fourth-order valence-electron chi connectivity index (χ4n) is 3.22. The van der Waals surface area contributed by atoms with Crippen LogP contribution < -0.4 is 5.32 Å². The lowest BCUT2D eigenvalue weighted by Gasteiger charge is -2.34. The molecule has 2 atom stereocenters. The van der Waals surface area contributed by atoms with E-state index in [9.17, 15) is 5.11 Å². The molecule has 17 heavy (non-hydrogen) atoms. The molecule has 0 aromatic heterocycles. The standard InChI is InChI=1S/C15H31NO/c1-4-11-16-15(10-12-17)8-5-6-14(7-9-15)13(2)3/h13-14,16-17H,4-12H2,1-3H3. The first kappa shape index (κ1) is 15.0. The van der Waals surface area contributed by atoms with Crippen LogP contribution in [0.15, 0.2) is 0 Å². The van der Waals surface area contributed by atoms with Crippen molar-refractivity contribution in [3.63, 3.8) is 0 Å². The van der Waals surface area contributed by atoms with Crippen molar-refractivity contribution < 1.29 is 5.11 Å². The van der Waals surface area contributed by atoms with E-state index in [4.69, 9.17) is 0 Å². The smallest absolute Gasteiger partial charge is 0.0448 e. The minimum atomic E-state index is 0.231. The average molecular weight is 241 g/mol. The van der Waals surface area contributed by atoms with E-state index in [-0.39, 0.29) is 5.54 Å². The molecule has 0 amide bonds. The Labute approximate surface area is 107 Å². The molecule has 2 N–H and O–H groups in total. The zero-order valence-corrected chi connectivity index (χ0v) is 12.0. The van der Waals surface area contributed by atoms with Gasteiger partial charge in [0, 0.05) is 12.1 Å². The maximum Gasteiger partial charge on any atom is 0.0448 e.